The number of nitrogens with zero attached hydrogens (tertiary/aromatic N) is 4. The summed E-state index contributed by atoms with van der Waals surface area (Å²) in [4.78, 5) is 5.77. The Labute approximate surface area is 216 Å². The van der Waals surface area contributed by atoms with Gasteiger partial charge in [-0.15, -0.1) is 0 Å². The van der Waals surface area contributed by atoms with Crippen LogP contribution in [0.2, 0.25) is 0 Å². The second-order valence-corrected chi connectivity index (χ2v) is 9.62. The van der Waals surface area contributed by atoms with Gasteiger partial charge in [-0.3, -0.25) is 4.90 Å². The molecule has 0 aliphatic carbocycles. The van der Waals surface area contributed by atoms with Gasteiger partial charge in [0.2, 0.25) is 0 Å². The summed E-state index contributed by atoms with van der Waals surface area (Å²) >= 11 is 2.26. The molecule has 178 valence electrons. The van der Waals surface area contributed by atoms with E-state index in [1.165, 1.54) is 23.4 Å². The molecule has 8 heteroatoms. The highest BCUT2D eigenvalue weighted by molar-refractivity contribution is 14.1. The van der Waals surface area contributed by atoms with Crippen LogP contribution in [0.1, 0.15) is 22.3 Å². The van der Waals surface area contributed by atoms with Crippen molar-refractivity contribution in [3.63, 3.8) is 0 Å². The zero-order valence-corrected chi connectivity index (χ0v) is 21.2. The van der Waals surface area contributed by atoms with Gasteiger partial charge in [-0.25, -0.2) is 18.4 Å². The monoisotopic (exact) mass is 584 g/mol. The lowest BCUT2D eigenvalue weighted by atomic mass is 9.92. The Hall–Kier alpha value is -3.13. The lowest BCUT2D eigenvalue weighted by Crippen LogP contribution is -2.43. The first-order valence-electron chi connectivity index (χ1n) is 10.9. The summed E-state index contributed by atoms with van der Waals surface area (Å²) < 4.78 is 30.7. The minimum Gasteiger partial charge on any atom is -0.382 e. The van der Waals surface area contributed by atoms with Crippen molar-refractivity contribution in [3.05, 3.63) is 117 Å². The maximum atomic E-state index is 14.6. The molecule has 0 bridgehead atoms. The molecule has 0 aliphatic rings. The summed E-state index contributed by atoms with van der Waals surface area (Å²) in [6.07, 6.45) is 2.79. The number of rotatable bonds is 7. The zero-order valence-electron chi connectivity index (χ0n) is 19.0. The van der Waals surface area contributed by atoms with Crippen LogP contribution in [0.5, 0.6) is 0 Å². The number of halogens is 3. The third-order valence-corrected chi connectivity index (χ3v) is 6.11. The number of likely N-dealkylation sites (N-methyl/N-ethyl adjacent to an activating group) is 1. The van der Waals surface area contributed by atoms with Crippen LogP contribution in [0.25, 0.3) is 0 Å². The largest absolute Gasteiger partial charge is 0.382 e. The number of hydrogen-bond acceptors (Lipinski definition) is 4. The molecular formula is C27H23F2IN4O. The van der Waals surface area contributed by atoms with E-state index in [2.05, 4.69) is 44.5 Å². The van der Waals surface area contributed by atoms with Crippen LogP contribution >= 0.6 is 22.6 Å². The van der Waals surface area contributed by atoms with Crippen LogP contribution in [-0.4, -0.2) is 38.4 Å². The van der Waals surface area contributed by atoms with Crippen molar-refractivity contribution >= 4 is 22.6 Å². The van der Waals surface area contributed by atoms with Crippen LogP contribution in [0, 0.1) is 27.0 Å². The fourth-order valence-electron chi connectivity index (χ4n) is 3.89. The van der Waals surface area contributed by atoms with Crippen molar-refractivity contribution in [2.45, 2.75) is 18.7 Å². The van der Waals surface area contributed by atoms with Gasteiger partial charge in [0.15, 0.2) is 0 Å². The standard InChI is InChI=1S/C27H23F2IN4O/c1-33(15-22-9-6-20(7-10-22)5-8-21-3-2-4-24(30)13-21)16-27(35,17-34-19-31-18-32-34)25-12-11-23(28)14-26(25)29/h2-4,6-7,9-14,18-19,35H,15-17H2,1H3. The fraction of sp³-hybridized carbons (Fsp3) is 0.185. The Morgan fingerprint density at radius 1 is 1.03 bits per heavy atom. The lowest BCUT2D eigenvalue weighted by molar-refractivity contribution is -0.0175. The van der Waals surface area contributed by atoms with Crippen LogP contribution < -0.4 is 0 Å². The maximum absolute atomic E-state index is 14.6. The Balaban J connectivity index is 1.48. The molecule has 3 aromatic carbocycles. The van der Waals surface area contributed by atoms with E-state index < -0.39 is 17.2 Å². The third-order valence-electron chi connectivity index (χ3n) is 5.44. The van der Waals surface area contributed by atoms with Gasteiger partial charge in [0.05, 0.1) is 6.54 Å². The van der Waals surface area contributed by atoms with E-state index in [0.29, 0.717) is 6.54 Å². The minimum absolute atomic E-state index is 0.00226. The number of aliphatic hydroxyl groups is 1. The highest BCUT2D eigenvalue weighted by Gasteiger charge is 2.34. The average Bonchev–Trinajstić information content (AvgIpc) is 3.31. The molecule has 5 nitrogen and oxygen atoms in total. The van der Waals surface area contributed by atoms with Crippen LogP contribution in [-0.2, 0) is 18.7 Å². The van der Waals surface area contributed by atoms with Crippen LogP contribution in [0.3, 0.4) is 0 Å². The second-order valence-electron chi connectivity index (χ2n) is 8.38. The Kier molecular flexibility index (Phi) is 7.90. The van der Waals surface area contributed by atoms with Crippen LogP contribution in [0.15, 0.2) is 79.4 Å². The quantitative estimate of drug-likeness (QED) is 0.256. The van der Waals surface area contributed by atoms with Crippen molar-refractivity contribution in [1.29, 1.82) is 0 Å². The molecule has 0 aliphatic heterocycles. The van der Waals surface area contributed by atoms with E-state index in [0.717, 1.165) is 32.4 Å². The molecule has 1 atom stereocenters. The molecule has 4 rings (SSSR count). The van der Waals surface area contributed by atoms with E-state index in [4.69, 9.17) is 0 Å². The highest BCUT2D eigenvalue weighted by atomic mass is 127. The lowest BCUT2D eigenvalue weighted by Gasteiger charge is -2.33. The predicted octanol–water partition coefficient (Wildman–Crippen LogP) is 4.58. The first-order valence-corrected chi connectivity index (χ1v) is 11.9. The zero-order chi connectivity index (χ0) is 24.8. The first kappa shape index (κ1) is 25.0. The number of hydrogen-bond donors (Lipinski definition) is 1. The summed E-state index contributed by atoms with van der Waals surface area (Å²) in [6, 6.07) is 19.0. The summed E-state index contributed by atoms with van der Waals surface area (Å²) in [7, 11) is 1.83. The normalized spacial score (nSPS) is 12.7. The summed E-state index contributed by atoms with van der Waals surface area (Å²) in [5, 5.41) is 15.5. The smallest absolute Gasteiger partial charge is 0.137 e. The molecule has 0 amide bonds. The van der Waals surface area contributed by atoms with Gasteiger partial charge < -0.3 is 5.11 Å². The van der Waals surface area contributed by atoms with Crippen molar-refractivity contribution in [2.75, 3.05) is 13.6 Å². The van der Waals surface area contributed by atoms with Crippen molar-refractivity contribution in [2.24, 2.45) is 0 Å². The first-order chi connectivity index (χ1) is 16.8. The van der Waals surface area contributed by atoms with E-state index in [-0.39, 0.29) is 18.7 Å². The highest BCUT2D eigenvalue weighted by Crippen LogP contribution is 2.28. The van der Waals surface area contributed by atoms with Gasteiger partial charge in [0.25, 0.3) is 0 Å². The molecule has 1 unspecified atom stereocenters. The number of aromatic nitrogens is 3. The molecule has 0 radical (unpaired) electrons. The third kappa shape index (κ3) is 6.72. The Morgan fingerprint density at radius 2 is 1.80 bits per heavy atom. The van der Waals surface area contributed by atoms with Crippen LogP contribution in [0.4, 0.5) is 8.78 Å². The average molecular weight is 584 g/mol. The van der Waals surface area contributed by atoms with Gasteiger partial charge in [-0.05, 0) is 71.6 Å². The Bertz CT molecular complexity index is 1350. The minimum atomic E-state index is -1.65. The SMILES string of the molecule is CN(Cc1ccc(C#Cc2cccc(I)c2)cc1)CC(O)(Cn1cncn1)c1ccc(F)cc1F. The topological polar surface area (TPSA) is 54.2 Å². The Morgan fingerprint density at radius 3 is 2.49 bits per heavy atom. The van der Waals surface area contributed by atoms with Crippen molar-refractivity contribution in [1.82, 2.24) is 19.7 Å². The molecule has 1 heterocycles. The fourth-order valence-corrected chi connectivity index (χ4v) is 4.43. The summed E-state index contributed by atoms with van der Waals surface area (Å²) in [6.45, 7) is 0.559. The predicted molar refractivity (Wildman–Crippen MR) is 138 cm³/mol. The molecule has 0 saturated carbocycles. The second kappa shape index (κ2) is 11.1. The molecule has 4 aromatic rings. The molecule has 0 fully saturated rings. The molecule has 0 saturated heterocycles. The molecular weight excluding hydrogens is 561 g/mol. The molecule has 35 heavy (non-hydrogen) atoms. The maximum Gasteiger partial charge on any atom is 0.137 e. The van der Waals surface area contributed by atoms with Gasteiger partial charge in [-0.2, -0.15) is 5.10 Å². The number of benzene rings is 3. The van der Waals surface area contributed by atoms with E-state index in [9.17, 15) is 13.9 Å². The van der Waals surface area contributed by atoms with E-state index >= 15 is 0 Å². The van der Waals surface area contributed by atoms with Gasteiger partial charge in [0, 0.05) is 39.4 Å². The van der Waals surface area contributed by atoms with Gasteiger partial charge in [-0.1, -0.05) is 36.1 Å². The summed E-state index contributed by atoms with van der Waals surface area (Å²) in [5.74, 6) is 4.83. The molecule has 1 aromatic heterocycles. The van der Waals surface area contributed by atoms with E-state index in [1.54, 1.807) is 0 Å². The van der Waals surface area contributed by atoms with Crippen molar-refractivity contribution in [3.8, 4) is 11.8 Å². The van der Waals surface area contributed by atoms with Gasteiger partial charge in [0.1, 0.15) is 29.9 Å². The molecule has 0 spiro atoms. The summed E-state index contributed by atoms with van der Waals surface area (Å²) in [5.41, 5.74) is 1.21. The van der Waals surface area contributed by atoms with Crippen molar-refractivity contribution < 1.29 is 13.9 Å². The molecule has 1 N–H and O–H groups in total. The van der Waals surface area contributed by atoms with E-state index in [1.807, 2.05) is 60.5 Å². The van der Waals surface area contributed by atoms with Gasteiger partial charge >= 0.3 is 0 Å².